The SMILES string of the molecule is CCOc1ccc(-n2c(SCC(=O)Nc3ccc(C)cc3Br)nnc2-c2ccc(Cl)cc2)cc1. The van der Waals surface area contributed by atoms with Gasteiger partial charge in [-0.3, -0.25) is 9.36 Å². The number of thioether (sulfide) groups is 1. The zero-order valence-electron chi connectivity index (χ0n) is 18.6. The lowest BCUT2D eigenvalue weighted by atomic mass is 10.2. The molecule has 9 heteroatoms. The number of aromatic nitrogens is 3. The van der Waals surface area contributed by atoms with Gasteiger partial charge < -0.3 is 10.1 Å². The van der Waals surface area contributed by atoms with Crippen LogP contribution in [0.1, 0.15) is 12.5 Å². The Kier molecular flexibility index (Phi) is 7.92. The molecule has 0 unspecified atom stereocenters. The van der Waals surface area contributed by atoms with Gasteiger partial charge in [-0.25, -0.2) is 0 Å². The number of amides is 1. The highest BCUT2D eigenvalue weighted by Gasteiger charge is 2.18. The quantitative estimate of drug-likeness (QED) is 0.242. The number of benzene rings is 3. The van der Waals surface area contributed by atoms with E-state index in [9.17, 15) is 4.79 Å². The van der Waals surface area contributed by atoms with E-state index < -0.39 is 0 Å². The number of rotatable bonds is 8. The van der Waals surface area contributed by atoms with Crippen molar-refractivity contribution < 1.29 is 9.53 Å². The summed E-state index contributed by atoms with van der Waals surface area (Å²) in [6, 6.07) is 20.9. The monoisotopic (exact) mass is 556 g/mol. The Labute approximate surface area is 215 Å². The van der Waals surface area contributed by atoms with Gasteiger partial charge in [0, 0.05) is 20.7 Å². The van der Waals surface area contributed by atoms with Crippen molar-refractivity contribution in [1.29, 1.82) is 0 Å². The van der Waals surface area contributed by atoms with E-state index in [2.05, 4.69) is 31.4 Å². The lowest BCUT2D eigenvalue weighted by molar-refractivity contribution is -0.113. The van der Waals surface area contributed by atoms with Crippen molar-refractivity contribution in [1.82, 2.24) is 14.8 Å². The molecular formula is C25H22BrClN4O2S. The minimum Gasteiger partial charge on any atom is -0.494 e. The Balaban J connectivity index is 1.60. The van der Waals surface area contributed by atoms with Crippen LogP contribution in [0.15, 0.2) is 76.4 Å². The summed E-state index contributed by atoms with van der Waals surface area (Å²) in [6.45, 7) is 4.54. The van der Waals surface area contributed by atoms with Gasteiger partial charge in [-0.05, 0) is 96.0 Å². The molecule has 0 spiro atoms. The van der Waals surface area contributed by atoms with E-state index in [4.69, 9.17) is 16.3 Å². The van der Waals surface area contributed by atoms with Crippen LogP contribution >= 0.6 is 39.3 Å². The molecule has 0 aliphatic carbocycles. The zero-order chi connectivity index (χ0) is 24.1. The summed E-state index contributed by atoms with van der Waals surface area (Å²) in [4.78, 5) is 12.7. The highest BCUT2D eigenvalue weighted by atomic mass is 79.9. The molecule has 1 N–H and O–H groups in total. The molecule has 4 rings (SSSR count). The Hall–Kier alpha value is -2.81. The number of carbonyl (C=O) groups excluding carboxylic acids is 1. The average Bonchev–Trinajstić information content (AvgIpc) is 3.25. The highest BCUT2D eigenvalue weighted by Crippen LogP contribution is 2.30. The smallest absolute Gasteiger partial charge is 0.234 e. The van der Waals surface area contributed by atoms with Gasteiger partial charge in [0.1, 0.15) is 5.75 Å². The number of aryl methyl sites for hydroxylation is 1. The Morgan fingerprint density at radius 2 is 1.82 bits per heavy atom. The third-order valence-electron chi connectivity index (χ3n) is 4.87. The lowest BCUT2D eigenvalue weighted by Crippen LogP contribution is -2.15. The van der Waals surface area contributed by atoms with Crippen molar-refractivity contribution in [3.8, 4) is 22.8 Å². The molecule has 1 amide bonds. The number of ether oxygens (including phenoxy) is 1. The molecule has 0 fully saturated rings. The van der Waals surface area contributed by atoms with Gasteiger partial charge in [0.25, 0.3) is 0 Å². The van der Waals surface area contributed by atoms with Crippen molar-refractivity contribution in [2.24, 2.45) is 0 Å². The predicted octanol–water partition coefficient (Wildman–Crippen LogP) is 6.79. The number of hydrogen-bond acceptors (Lipinski definition) is 5. The molecule has 3 aromatic carbocycles. The zero-order valence-corrected chi connectivity index (χ0v) is 21.7. The predicted molar refractivity (Wildman–Crippen MR) is 141 cm³/mol. The molecule has 34 heavy (non-hydrogen) atoms. The maximum Gasteiger partial charge on any atom is 0.234 e. The van der Waals surface area contributed by atoms with Crippen LogP contribution in [0.5, 0.6) is 5.75 Å². The van der Waals surface area contributed by atoms with Crippen molar-refractivity contribution in [3.63, 3.8) is 0 Å². The van der Waals surface area contributed by atoms with E-state index in [-0.39, 0.29) is 11.7 Å². The molecule has 1 aromatic heterocycles. The second kappa shape index (κ2) is 11.1. The third kappa shape index (κ3) is 5.81. The van der Waals surface area contributed by atoms with Crippen LogP contribution in [0.4, 0.5) is 5.69 Å². The second-order valence-corrected chi connectivity index (χ2v) is 9.63. The molecule has 6 nitrogen and oxygen atoms in total. The van der Waals surface area contributed by atoms with E-state index in [0.717, 1.165) is 32.7 Å². The largest absolute Gasteiger partial charge is 0.494 e. The standard InChI is InChI=1S/C25H22BrClN4O2S/c1-3-33-20-11-9-19(10-12-20)31-24(17-5-7-18(27)8-6-17)29-30-25(31)34-15-23(32)28-22-13-4-16(2)14-21(22)26/h4-14H,3,15H2,1-2H3,(H,28,32). The number of nitrogens with one attached hydrogen (secondary N) is 1. The van der Waals surface area contributed by atoms with Crippen LogP contribution in [0.3, 0.4) is 0 Å². The van der Waals surface area contributed by atoms with Gasteiger partial charge >= 0.3 is 0 Å². The summed E-state index contributed by atoms with van der Waals surface area (Å²) in [7, 11) is 0. The van der Waals surface area contributed by atoms with E-state index in [1.165, 1.54) is 11.8 Å². The van der Waals surface area contributed by atoms with Crippen molar-refractivity contribution in [2.45, 2.75) is 19.0 Å². The Morgan fingerprint density at radius 1 is 1.09 bits per heavy atom. The minimum absolute atomic E-state index is 0.135. The molecule has 0 atom stereocenters. The van der Waals surface area contributed by atoms with Gasteiger partial charge in [0.15, 0.2) is 11.0 Å². The van der Waals surface area contributed by atoms with Gasteiger partial charge in [0.05, 0.1) is 18.0 Å². The van der Waals surface area contributed by atoms with E-state index in [0.29, 0.717) is 22.6 Å². The van der Waals surface area contributed by atoms with Gasteiger partial charge in [0.2, 0.25) is 5.91 Å². The van der Waals surface area contributed by atoms with E-state index >= 15 is 0 Å². The van der Waals surface area contributed by atoms with Crippen molar-refractivity contribution in [3.05, 3.63) is 81.8 Å². The van der Waals surface area contributed by atoms with Crippen LogP contribution < -0.4 is 10.1 Å². The Bertz CT molecular complexity index is 1290. The summed E-state index contributed by atoms with van der Waals surface area (Å²) < 4.78 is 8.34. The summed E-state index contributed by atoms with van der Waals surface area (Å²) in [5.41, 5.74) is 3.57. The van der Waals surface area contributed by atoms with Crippen LogP contribution in [-0.2, 0) is 4.79 Å². The van der Waals surface area contributed by atoms with Crippen molar-refractivity contribution in [2.75, 3.05) is 17.7 Å². The first-order valence-corrected chi connectivity index (χ1v) is 12.7. The molecule has 4 aromatic rings. The fourth-order valence-corrected chi connectivity index (χ4v) is 4.75. The van der Waals surface area contributed by atoms with E-state index in [1.807, 2.05) is 85.1 Å². The maximum absolute atomic E-state index is 12.7. The van der Waals surface area contributed by atoms with Crippen LogP contribution in [0.2, 0.25) is 5.02 Å². The number of anilines is 1. The number of nitrogens with zero attached hydrogens (tertiary/aromatic N) is 3. The molecule has 0 aliphatic heterocycles. The van der Waals surface area contributed by atoms with Crippen molar-refractivity contribution >= 4 is 50.9 Å². The fraction of sp³-hybridized carbons (Fsp3) is 0.160. The van der Waals surface area contributed by atoms with E-state index in [1.54, 1.807) is 0 Å². The molecule has 0 saturated carbocycles. The summed E-state index contributed by atoms with van der Waals surface area (Å²) >= 11 is 10.9. The fourth-order valence-electron chi connectivity index (χ4n) is 3.28. The normalized spacial score (nSPS) is 10.8. The Morgan fingerprint density at radius 3 is 2.50 bits per heavy atom. The molecule has 0 bridgehead atoms. The number of halogens is 2. The number of hydrogen-bond donors (Lipinski definition) is 1. The first kappa shape index (κ1) is 24.3. The van der Waals surface area contributed by atoms with Gasteiger partial charge in [-0.15, -0.1) is 10.2 Å². The molecule has 0 aliphatic rings. The second-order valence-electron chi connectivity index (χ2n) is 7.40. The van der Waals surface area contributed by atoms with Crippen LogP contribution in [0.25, 0.3) is 17.1 Å². The molecule has 0 saturated heterocycles. The summed E-state index contributed by atoms with van der Waals surface area (Å²) in [6.07, 6.45) is 0. The highest BCUT2D eigenvalue weighted by molar-refractivity contribution is 9.10. The van der Waals surface area contributed by atoms with Crippen LogP contribution in [-0.4, -0.2) is 33.0 Å². The molecule has 0 radical (unpaired) electrons. The van der Waals surface area contributed by atoms with Crippen LogP contribution in [0, 0.1) is 6.92 Å². The summed E-state index contributed by atoms with van der Waals surface area (Å²) in [5, 5.41) is 13.0. The number of carbonyl (C=O) groups is 1. The third-order valence-corrected chi connectivity index (χ3v) is 6.71. The molecule has 1 heterocycles. The lowest BCUT2D eigenvalue weighted by Gasteiger charge is -2.12. The van der Waals surface area contributed by atoms with Gasteiger partial charge in [-0.2, -0.15) is 0 Å². The first-order valence-electron chi connectivity index (χ1n) is 10.6. The molecular weight excluding hydrogens is 536 g/mol. The average molecular weight is 558 g/mol. The maximum atomic E-state index is 12.7. The summed E-state index contributed by atoms with van der Waals surface area (Å²) in [5.74, 6) is 1.48. The minimum atomic E-state index is -0.135. The topological polar surface area (TPSA) is 69.0 Å². The van der Waals surface area contributed by atoms with Gasteiger partial charge in [-0.1, -0.05) is 29.4 Å². The molecule has 174 valence electrons. The first-order chi connectivity index (χ1) is 16.4.